The van der Waals surface area contributed by atoms with Gasteiger partial charge in [0.25, 0.3) is 0 Å². The fourth-order valence-electron chi connectivity index (χ4n) is 0.958. The van der Waals surface area contributed by atoms with Crippen LogP contribution in [0.3, 0.4) is 0 Å². The predicted molar refractivity (Wildman–Crippen MR) is 50.9 cm³/mol. The van der Waals surface area contributed by atoms with Crippen molar-refractivity contribution >= 4 is 0 Å². The van der Waals surface area contributed by atoms with Crippen molar-refractivity contribution in [2.24, 2.45) is 0 Å². The van der Waals surface area contributed by atoms with Gasteiger partial charge in [0.1, 0.15) is 0 Å². The molecule has 0 aromatic heterocycles. The maximum absolute atomic E-state index is 3.43. The lowest BCUT2D eigenvalue weighted by molar-refractivity contribution is 0.501. The number of rotatable bonds is 7. The summed E-state index contributed by atoms with van der Waals surface area (Å²) in [6.45, 7) is 9.97. The largest absolute Gasteiger partial charge is 0.315 e. The van der Waals surface area contributed by atoms with Crippen molar-refractivity contribution in [1.29, 1.82) is 0 Å². The average molecular weight is 158 g/mol. The van der Waals surface area contributed by atoms with Gasteiger partial charge < -0.3 is 10.6 Å². The summed E-state index contributed by atoms with van der Waals surface area (Å²) < 4.78 is 0. The summed E-state index contributed by atoms with van der Waals surface area (Å²) in [5.41, 5.74) is 0. The smallest absolute Gasteiger partial charge is 0.0164 e. The Balaban J connectivity index is 3.02. The molecule has 1 unspecified atom stereocenters. The molecule has 2 nitrogen and oxygen atoms in total. The third kappa shape index (κ3) is 7.82. The summed E-state index contributed by atoms with van der Waals surface area (Å²) in [6.07, 6.45) is 2.44. The van der Waals surface area contributed by atoms with Crippen LogP contribution in [0.4, 0.5) is 0 Å². The standard InChI is InChI=1S/C9H22N2/c1-4-6-10-8-9(3)11-7-5-2/h9-11H,4-8H2,1-3H3. The Kier molecular flexibility index (Phi) is 7.96. The molecule has 0 spiro atoms. The molecular formula is C9H22N2. The second kappa shape index (κ2) is 8.02. The van der Waals surface area contributed by atoms with E-state index in [9.17, 15) is 0 Å². The maximum Gasteiger partial charge on any atom is 0.0164 e. The average Bonchev–Trinajstić information content (AvgIpc) is 2.01. The minimum absolute atomic E-state index is 0.612. The van der Waals surface area contributed by atoms with Crippen LogP contribution in [-0.2, 0) is 0 Å². The van der Waals surface area contributed by atoms with E-state index in [1.54, 1.807) is 0 Å². The third-order valence-corrected chi connectivity index (χ3v) is 1.62. The summed E-state index contributed by atoms with van der Waals surface area (Å²) in [7, 11) is 0. The van der Waals surface area contributed by atoms with Crippen molar-refractivity contribution in [3.8, 4) is 0 Å². The number of hydrogen-bond donors (Lipinski definition) is 2. The molecule has 0 aliphatic rings. The summed E-state index contributed by atoms with van der Waals surface area (Å²) in [5.74, 6) is 0. The van der Waals surface area contributed by atoms with Crippen LogP contribution in [0.25, 0.3) is 0 Å². The van der Waals surface area contributed by atoms with Gasteiger partial charge in [0.2, 0.25) is 0 Å². The molecule has 0 aliphatic heterocycles. The molecule has 0 saturated heterocycles. The monoisotopic (exact) mass is 158 g/mol. The first-order valence-corrected chi connectivity index (χ1v) is 4.75. The zero-order chi connectivity index (χ0) is 8.53. The van der Waals surface area contributed by atoms with Crippen molar-refractivity contribution < 1.29 is 0 Å². The fourth-order valence-corrected chi connectivity index (χ4v) is 0.958. The lowest BCUT2D eigenvalue weighted by Gasteiger charge is -2.13. The summed E-state index contributed by atoms with van der Waals surface area (Å²) in [5, 5.41) is 6.81. The molecular weight excluding hydrogens is 136 g/mol. The van der Waals surface area contributed by atoms with E-state index in [4.69, 9.17) is 0 Å². The van der Waals surface area contributed by atoms with Gasteiger partial charge in [-0.1, -0.05) is 13.8 Å². The molecule has 1 atom stereocenters. The summed E-state index contributed by atoms with van der Waals surface area (Å²) >= 11 is 0. The first kappa shape index (κ1) is 10.9. The van der Waals surface area contributed by atoms with Crippen LogP contribution in [0, 0.1) is 0 Å². The molecule has 2 heteroatoms. The molecule has 0 rings (SSSR count). The second-order valence-corrected chi connectivity index (χ2v) is 3.06. The van der Waals surface area contributed by atoms with Crippen LogP contribution in [0.15, 0.2) is 0 Å². The highest BCUT2D eigenvalue weighted by Gasteiger charge is 1.96. The van der Waals surface area contributed by atoms with E-state index in [1.807, 2.05) is 0 Å². The molecule has 0 amide bonds. The van der Waals surface area contributed by atoms with Crippen molar-refractivity contribution in [2.75, 3.05) is 19.6 Å². The normalized spacial score (nSPS) is 13.4. The molecule has 0 radical (unpaired) electrons. The van der Waals surface area contributed by atoms with E-state index in [-0.39, 0.29) is 0 Å². The van der Waals surface area contributed by atoms with Crippen LogP contribution in [0.5, 0.6) is 0 Å². The van der Waals surface area contributed by atoms with Crippen LogP contribution >= 0.6 is 0 Å². The predicted octanol–water partition coefficient (Wildman–Crippen LogP) is 1.37. The fraction of sp³-hybridized carbons (Fsp3) is 1.00. The van der Waals surface area contributed by atoms with Crippen LogP contribution in [0.2, 0.25) is 0 Å². The second-order valence-electron chi connectivity index (χ2n) is 3.06. The molecule has 68 valence electrons. The zero-order valence-electron chi connectivity index (χ0n) is 8.11. The Hall–Kier alpha value is -0.0800. The van der Waals surface area contributed by atoms with Gasteiger partial charge in [0.05, 0.1) is 0 Å². The Morgan fingerprint density at radius 2 is 1.73 bits per heavy atom. The lowest BCUT2D eigenvalue weighted by Crippen LogP contribution is -2.36. The zero-order valence-corrected chi connectivity index (χ0v) is 8.11. The van der Waals surface area contributed by atoms with E-state index >= 15 is 0 Å². The third-order valence-electron chi connectivity index (χ3n) is 1.62. The van der Waals surface area contributed by atoms with Gasteiger partial charge >= 0.3 is 0 Å². The highest BCUT2D eigenvalue weighted by Crippen LogP contribution is 1.80. The van der Waals surface area contributed by atoms with Gasteiger partial charge in [0.15, 0.2) is 0 Å². The molecule has 0 fully saturated rings. The van der Waals surface area contributed by atoms with Gasteiger partial charge in [-0.3, -0.25) is 0 Å². The van der Waals surface area contributed by atoms with E-state index in [0.717, 1.165) is 19.6 Å². The van der Waals surface area contributed by atoms with Crippen molar-refractivity contribution in [2.45, 2.75) is 39.7 Å². The van der Waals surface area contributed by atoms with E-state index in [1.165, 1.54) is 12.8 Å². The molecule has 0 bridgehead atoms. The highest BCUT2D eigenvalue weighted by molar-refractivity contribution is 4.62. The minimum Gasteiger partial charge on any atom is -0.315 e. The Morgan fingerprint density at radius 3 is 2.27 bits per heavy atom. The molecule has 11 heavy (non-hydrogen) atoms. The van der Waals surface area contributed by atoms with Crippen molar-refractivity contribution in [3.05, 3.63) is 0 Å². The van der Waals surface area contributed by atoms with Crippen LogP contribution in [0.1, 0.15) is 33.6 Å². The Labute approximate surface area is 70.8 Å². The van der Waals surface area contributed by atoms with Crippen LogP contribution in [-0.4, -0.2) is 25.7 Å². The summed E-state index contributed by atoms with van der Waals surface area (Å²) in [6, 6.07) is 0.612. The molecule has 0 aromatic rings. The van der Waals surface area contributed by atoms with Crippen LogP contribution < -0.4 is 10.6 Å². The SMILES string of the molecule is CCCNCC(C)NCCC. The Bertz CT molecular complexity index is 74.0. The van der Waals surface area contributed by atoms with Crippen molar-refractivity contribution in [1.82, 2.24) is 10.6 Å². The molecule has 0 aromatic carbocycles. The summed E-state index contributed by atoms with van der Waals surface area (Å²) in [4.78, 5) is 0. The lowest BCUT2D eigenvalue weighted by atomic mass is 10.3. The first-order valence-electron chi connectivity index (χ1n) is 4.75. The van der Waals surface area contributed by atoms with E-state index in [0.29, 0.717) is 6.04 Å². The Morgan fingerprint density at radius 1 is 1.09 bits per heavy atom. The van der Waals surface area contributed by atoms with Gasteiger partial charge in [0, 0.05) is 12.6 Å². The maximum atomic E-state index is 3.43. The minimum atomic E-state index is 0.612. The molecule has 0 saturated carbocycles. The van der Waals surface area contributed by atoms with E-state index in [2.05, 4.69) is 31.4 Å². The molecule has 0 heterocycles. The van der Waals surface area contributed by atoms with Gasteiger partial charge in [-0.05, 0) is 32.9 Å². The topological polar surface area (TPSA) is 24.1 Å². The quantitative estimate of drug-likeness (QED) is 0.547. The molecule has 0 aliphatic carbocycles. The highest BCUT2D eigenvalue weighted by atomic mass is 15.0. The van der Waals surface area contributed by atoms with E-state index < -0.39 is 0 Å². The first-order chi connectivity index (χ1) is 5.31. The van der Waals surface area contributed by atoms with Gasteiger partial charge in [-0.2, -0.15) is 0 Å². The number of nitrogens with one attached hydrogen (secondary N) is 2. The van der Waals surface area contributed by atoms with Crippen molar-refractivity contribution in [3.63, 3.8) is 0 Å². The van der Waals surface area contributed by atoms with Gasteiger partial charge in [-0.25, -0.2) is 0 Å². The van der Waals surface area contributed by atoms with Gasteiger partial charge in [-0.15, -0.1) is 0 Å². The number of hydrogen-bond acceptors (Lipinski definition) is 2. The molecule has 2 N–H and O–H groups in total.